The number of nitrogens with one attached hydrogen (secondary N) is 1. The van der Waals surface area contributed by atoms with Crippen molar-refractivity contribution in [2.24, 2.45) is 0 Å². The average molecular weight is 217 g/mol. The van der Waals surface area contributed by atoms with E-state index in [1.165, 1.54) is 5.56 Å². The fourth-order valence-electron chi connectivity index (χ4n) is 2.47. The Labute approximate surface area is 92.6 Å². The first-order valence-electron chi connectivity index (χ1n) is 5.31. The molecule has 82 valence electrons. The fraction of sp³-hybridized carbons (Fsp3) is 0.333. The summed E-state index contributed by atoms with van der Waals surface area (Å²) in [6, 6.07) is 7.99. The van der Waals surface area contributed by atoms with Crippen molar-refractivity contribution in [2.45, 2.75) is 24.8 Å². The lowest BCUT2D eigenvalue weighted by atomic mass is 9.78. The number of rotatable bonds is 0. The average Bonchev–Trinajstić information content (AvgIpc) is 2.53. The highest BCUT2D eigenvalue weighted by Crippen LogP contribution is 2.32. The van der Waals surface area contributed by atoms with E-state index < -0.39 is 17.6 Å². The number of carbonyl (C=O) groups is 2. The molecule has 0 radical (unpaired) electrons. The maximum absolute atomic E-state index is 11.7. The van der Waals surface area contributed by atoms with Crippen LogP contribution in [0.3, 0.4) is 0 Å². The molecule has 1 N–H and O–H groups in total. The van der Waals surface area contributed by atoms with Crippen LogP contribution in [0.4, 0.5) is 4.79 Å². The van der Waals surface area contributed by atoms with Crippen LogP contribution in [0.5, 0.6) is 0 Å². The molecule has 2 aliphatic rings. The molecule has 1 amide bonds. The van der Waals surface area contributed by atoms with E-state index in [9.17, 15) is 9.59 Å². The summed E-state index contributed by atoms with van der Waals surface area (Å²) < 4.78 is 4.58. The van der Waals surface area contributed by atoms with Crippen LogP contribution in [0.2, 0.25) is 0 Å². The Bertz CT molecular complexity index is 483. The second-order valence-corrected chi connectivity index (χ2v) is 4.33. The van der Waals surface area contributed by atoms with Gasteiger partial charge in [-0.1, -0.05) is 24.3 Å². The maximum atomic E-state index is 11.7. The molecule has 1 aliphatic heterocycles. The summed E-state index contributed by atoms with van der Waals surface area (Å²) in [5.41, 5.74) is 1.56. The van der Waals surface area contributed by atoms with Crippen LogP contribution in [0.1, 0.15) is 17.5 Å². The summed E-state index contributed by atoms with van der Waals surface area (Å²) >= 11 is 0. The molecule has 4 heteroatoms. The van der Waals surface area contributed by atoms with Crippen LogP contribution in [0.15, 0.2) is 24.3 Å². The van der Waals surface area contributed by atoms with Crippen molar-refractivity contribution in [1.29, 1.82) is 0 Å². The quantitative estimate of drug-likeness (QED) is 0.524. The molecule has 4 nitrogen and oxygen atoms in total. The van der Waals surface area contributed by atoms with Crippen molar-refractivity contribution in [3.05, 3.63) is 35.4 Å². The molecule has 1 fully saturated rings. The lowest BCUT2D eigenvalue weighted by Crippen LogP contribution is -2.50. The Morgan fingerprint density at radius 3 is 2.62 bits per heavy atom. The molecule has 3 rings (SSSR count). The van der Waals surface area contributed by atoms with Gasteiger partial charge in [0.15, 0.2) is 0 Å². The van der Waals surface area contributed by atoms with Crippen LogP contribution >= 0.6 is 0 Å². The summed E-state index contributed by atoms with van der Waals surface area (Å²) in [6.07, 6.45) is 1.33. The highest BCUT2D eigenvalue weighted by molar-refractivity contribution is 5.99. The van der Waals surface area contributed by atoms with Gasteiger partial charge in [-0.15, -0.1) is 0 Å². The zero-order chi connectivity index (χ0) is 11.2. The molecule has 1 heterocycles. The zero-order valence-electron chi connectivity index (χ0n) is 8.66. The number of aryl methyl sites for hydroxylation is 1. The standard InChI is InChI=1S/C12H11NO3/c14-10-12(13-11(15)16-10)6-5-8-3-1-2-4-9(8)7-12/h1-4H,5-7H2,(H,13,15). The molecule has 1 aliphatic carbocycles. The van der Waals surface area contributed by atoms with Gasteiger partial charge in [0.1, 0.15) is 5.54 Å². The monoisotopic (exact) mass is 217 g/mol. The molecule has 0 saturated carbocycles. The third-order valence-electron chi connectivity index (χ3n) is 3.35. The van der Waals surface area contributed by atoms with Gasteiger partial charge >= 0.3 is 12.1 Å². The van der Waals surface area contributed by atoms with Gasteiger partial charge in [0, 0.05) is 6.42 Å². The van der Waals surface area contributed by atoms with E-state index in [-0.39, 0.29) is 0 Å². The first-order valence-corrected chi connectivity index (χ1v) is 5.31. The summed E-state index contributed by atoms with van der Waals surface area (Å²) in [6.45, 7) is 0. The molecule has 1 aromatic carbocycles. The van der Waals surface area contributed by atoms with Gasteiger partial charge in [0.2, 0.25) is 0 Å². The van der Waals surface area contributed by atoms with Crippen molar-refractivity contribution in [1.82, 2.24) is 5.32 Å². The minimum atomic E-state index is -0.814. The summed E-state index contributed by atoms with van der Waals surface area (Å²) in [4.78, 5) is 22.8. The summed E-state index contributed by atoms with van der Waals surface area (Å²) in [5, 5.41) is 2.65. The smallest absolute Gasteiger partial charge is 0.374 e. The number of carbonyl (C=O) groups excluding carboxylic acids is 2. The van der Waals surface area contributed by atoms with Crippen LogP contribution in [-0.2, 0) is 22.4 Å². The lowest BCUT2D eigenvalue weighted by Gasteiger charge is -2.30. The van der Waals surface area contributed by atoms with E-state index in [1.807, 2.05) is 18.2 Å². The Morgan fingerprint density at radius 2 is 1.94 bits per heavy atom. The second kappa shape index (κ2) is 3.07. The van der Waals surface area contributed by atoms with Crippen LogP contribution in [0, 0.1) is 0 Å². The summed E-state index contributed by atoms with van der Waals surface area (Å²) in [5.74, 6) is -0.438. The first kappa shape index (κ1) is 9.39. The molecule has 0 aromatic heterocycles. The number of hydrogen-bond acceptors (Lipinski definition) is 3. The predicted octanol–water partition coefficient (Wildman–Crippen LogP) is 1.18. The number of alkyl carbamates (subject to hydrolysis) is 1. The Kier molecular flexibility index (Phi) is 1.80. The number of ether oxygens (including phenoxy) is 1. The van der Waals surface area contributed by atoms with Gasteiger partial charge in [0.25, 0.3) is 0 Å². The number of benzene rings is 1. The Morgan fingerprint density at radius 1 is 1.19 bits per heavy atom. The number of hydrogen-bond donors (Lipinski definition) is 1. The van der Waals surface area contributed by atoms with E-state index in [0.29, 0.717) is 12.8 Å². The van der Waals surface area contributed by atoms with E-state index in [2.05, 4.69) is 16.1 Å². The van der Waals surface area contributed by atoms with Crippen molar-refractivity contribution in [3.63, 3.8) is 0 Å². The third kappa shape index (κ3) is 1.23. The van der Waals surface area contributed by atoms with Crippen molar-refractivity contribution < 1.29 is 14.3 Å². The van der Waals surface area contributed by atoms with Crippen molar-refractivity contribution in [3.8, 4) is 0 Å². The molecular weight excluding hydrogens is 206 g/mol. The van der Waals surface area contributed by atoms with Gasteiger partial charge in [0.05, 0.1) is 0 Å². The molecule has 0 bridgehead atoms. The van der Waals surface area contributed by atoms with Crippen LogP contribution in [0.25, 0.3) is 0 Å². The van der Waals surface area contributed by atoms with Gasteiger partial charge in [-0.25, -0.2) is 9.59 Å². The number of fused-ring (bicyclic) bond motifs is 1. The highest BCUT2D eigenvalue weighted by atomic mass is 16.6. The van der Waals surface area contributed by atoms with E-state index in [0.717, 1.165) is 12.0 Å². The highest BCUT2D eigenvalue weighted by Gasteiger charge is 2.50. The molecule has 1 aromatic rings. The van der Waals surface area contributed by atoms with Gasteiger partial charge in [-0.05, 0) is 24.0 Å². The van der Waals surface area contributed by atoms with E-state index in [4.69, 9.17) is 0 Å². The topological polar surface area (TPSA) is 55.4 Å². The third-order valence-corrected chi connectivity index (χ3v) is 3.35. The normalized spacial score (nSPS) is 27.5. The fourth-order valence-corrected chi connectivity index (χ4v) is 2.47. The van der Waals surface area contributed by atoms with E-state index in [1.54, 1.807) is 0 Å². The van der Waals surface area contributed by atoms with Crippen LogP contribution < -0.4 is 5.32 Å². The first-order chi connectivity index (χ1) is 7.70. The van der Waals surface area contributed by atoms with Gasteiger partial charge in [-0.3, -0.25) is 0 Å². The summed E-state index contributed by atoms with van der Waals surface area (Å²) in [7, 11) is 0. The largest absolute Gasteiger partial charge is 0.415 e. The molecule has 16 heavy (non-hydrogen) atoms. The maximum Gasteiger partial charge on any atom is 0.415 e. The van der Waals surface area contributed by atoms with Crippen molar-refractivity contribution in [2.75, 3.05) is 0 Å². The predicted molar refractivity (Wildman–Crippen MR) is 55.8 cm³/mol. The molecule has 1 unspecified atom stereocenters. The van der Waals surface area contributed by atoms with Crippen molar-refractivity contribution >= 4 is 12.1 Å². The van der Waals surface area contributed by atoms with Gasteiger partial charge in [-0.2, -0.15) is 0 Å². The van der Waals surface area contributed by atoms with Crippen LogP contribution in [-0.4, -0.2) is 17.6 Å². The Balaban J connectivity index is 1.98. The minimum Gasteiger partial charge on any atom is -0.374 e. The second-order valence-electron chi connectivity index (χ2n) is 4.33. The number of cyclic esters (lactones) is 2. The molecule has 1 saturated heterocycles. The Hall–Kier alpha value is -1.84. The number of esters is 1. The van der Waals surface area contributed by atoms with E-state index >= 15 is 0 Å². The zero-order valence-corrected chi connectivity index (χ0v) is 8.66. The molecule has 1 atom stereocenters. The molecule has 1 spiro atoms. The van der Waals surface area contributed by atoms with Gasteiger partial charge < -0.3 is 10.1 Å². The SMILES string of the molecule is O=C1NC2(CCc3ccccc3C2)C(=O)O1. The number of amides is 1. The minimum absolute atomic E-state index is 0.438. The lowest BCUT2D eigenvalue weighted by molar-refractivity contribution is -0.139. The molecular formula is C12H11NO3.